The van der Waals surface area contributed by atoms with Gasteiger partial charge in [-0.3, -0.25) is 4.79 Å². The molecule has 0 bridgehead atoms. The van der Waals surface area contributed by atoms with Gasteiger partial charge >= 0.3 is 0 Å². The number of carbonyl (C=O) groups is 1. The predicted octanol–water partition coefficient (Wildman–Crippen LogP) is 4.01. The molecule has 0 radical (unpaired) electrons. The fraction of sp³-hybridized carbons (Fsp3) is 0. The van der Waals surface area contributed by atoms with E-state index in [2.05, 4.69) is 20.7 Å². The van der Waals surface area contributed by atoms with Crippen LogP contribution in [0, 0.1) is 5.82 Å². The smallest absolute Gasteiger partial charge is 0.271 e. The summed E-state index contributed by atoms with van der Waals surface area (Å²) in [7, 11) is 0. The van der Waals surface area contributed by atoms with Crippen molar-refractivity contribution in [2.75, 3.05) is 0 Å². The van der Waals surface area contributed by atoms with Crippen LogP contribution in [0.15, 0.2) is 82.3 Å². The van der Waals surface area contributed by atoms with Crippen molar-refractivity contribution in [1.82, 2.24) is 15.6 Å². The molecule has 1 aromatic heterocycles. The number of nitrogens with zero attached hydrogens (tertiary/aromatic N) is 3. The van der Waals surface area contributed by atoms with Gasteiger partial charge in [-0.05, 0) is 54.1 Å². The fourth-order valence-corrected chi connectivity index (χ4v) is 2.65. The summed E-state index contributed by atoms with van der Waals surface area (Å²) in [6, 6.07) is 18.9. The Balaban J connectivity index is 1.43. The van der Waals surface area contributed by atoms with Crippen LogP contribution in [-0.2, 0) is 0 Å². The van der Waals surface area contributed by atoms with Crippen LogP contribution in [-0.4, -0.2) is 27.4 Å². The van der Waals surface area contributed by atoms with E-state index in [-0.39, 0.29) is 23.3 Å². The van der Waals surface area contributed by atoms with Crippen molar-refractivity contribution in [3.8, 4) is 28.7 Å². The van der Waals surface area contributed by atoms with E-state index in [9.17, 15) is 14.3 Å². The van der Waals surface area contributed by atoms with Gasteiger partial charge in [-0.2, -0.15) is 5.10 Å². The van der Waals surface area contributed by atoms with Crippen molar-refractivity contribution in [2.24, 2.45) is 5.10 Å². The number of rotatable bonds is 5. The van der Waals surface area contributed by atoms with Gasteiger partial charge in [0.05, 0.1) is 11.8 Å². The van der Waals surface area contributed by atoms with Crippen LogP contribution in [0.25, 0.3) is 22.9 Å². The number of halogens is 1. The molecule has 1 heterocycles. The third-order valence-corrected chi connectivity index (χ3v) is 4.20. The van der Waals surface area contributed by atoms with Crippen molar-refractivity contribution in [3.05, 3.63) is 89.7 Å². The largest absolute Gasteiger partial charge is 0.507 e. The summed E-state index contributed by atoms with van der Waals surface area (Å²) in [6.45, 7) is 0. The molecule has 0 aliphatic carbocycles. The standard InChI is InChI=1S/C22H15FN4O3/c23-17-11-5-14(6-12-17)13-24-25-20(29)15-7-9-16(10-8-15)21-26-27-22(30-21)18-3-1-2-4-19(18)28/h1-13,28H,(H,25,29)/b24-13+. The zero-order valence-corrected chi connectivity index (χ0v) is 15.5. The Morgan fingerprint density at radius 3 is 2.40 bits per heavy atom. The Morgan fingerprint density at radius 1 is 0.967 bits per heavy atom. The van der Waals surface area contributed by atoms with Crippen molar-refractivity contribution in [3.63, 3.8) is 0 Å². The molecule has 0 aliphatic heterocycles. The molecule has 0 saturated heterocycles. The molecule has 0 fully saturated rings. The number of aromatic hydroxyl groups is 1. The lowest BCUT2D eigenvalue weighted by Gasteiger charge is -2.01. The highest BCUT2D eigenvalue weighted by molar-refractivity contribution is 5.95. The summed E-state index contributed by atoms with van der Waals surface area (Å²) < 4.78 is 18.5. The number of hydrogen-bond donors (Lipinski definition) is 2. The van der Waals surface area contributed by atoms with E-state index in [1.54, 1.807) is 54.6 Å². The van der Waals surface area contributed by atoms with E-state index in [1.807, 2.05) is 0 Å². The molecule has 7 nitrogen and oxygen atoms in total. The van der Waals surface area contributed by atoms with E-state index in [0.717, 1.165) is 0 Å². The Morgan fingerprint density at radius 2 is 1.67 bits per heavy atom. The van der Waals surface area contributed by atoms with Crippen molar-refractivity contribution >= 4 is 12.1 Å². The third-order valence-electron chi connectivity index (χ3n) is 4.20. The molecule has 3 aromatic carbocycles. The molecule has 1 amide bonds. The first-order valence-electron chi connectivity index (χ1n) is 8.91. The minimum absolute atomic E-state index is 0.0425. The SMILES string of the molecule is O=C(N/N=C/c1ccc(F)cc1)c1ccc(-c2nnc(-c3ccccc3O)o2)cc1. The number of hydrazone groups is 1. The minimum atomic E-state index is -0.402. The summed E-state index contributed by atoms with van der Waals surface area (Å²) in [6.07, 6.45) is 1.42. The van der Waals surface area contributed by atoms with Gasteiger partial charge in [-0.25, -0.2) is 9.82 Å². The summed E-state index contributed by atoms with van der Waals surface area (Å²) in [5, 5.41) is 21.7. The topological polar surface area (TPSA) is 101 Å². The van der Waals surface area contributed by atoms with E-state index >= 15 is 0 Å². The van der Waals surface area contributed by atoms with Gasteiger partial charge < -0.3 is 9.52 Å². The summed E-state index contributed by atoms with van der Waals surface area (Å²) in [4.78, 5) is 12.2. The highest BCUT2D eigenvalue weighted by Gasteiger charge is 2.14. The second-order valence-corrected chi connectivity index (χ2v) is 6.26. The Hall–Kier alpha value is -4.33. The molecular weight excluding hydrogens is 387 g/mol. The zero-order valence-electron chi connectivity index (χ0n) is 15.5. The molecule has 0 atom stereocenters. The van der Waals surface area contributed by atoms with Gasteiger partial charge in [0.1, 0.15) is 11.6 Å². The van der Waals surface area contributed by atoms with Gasteiger partial charge in [0.15, 0.2) is 0 Å². The van der Waals surface area contributed by atoms with E-state index in [0.29, 0.717) is 22.3 Å². The van der Waals surface area contributed by atoms with Crippen LogP contribution < -0.4 is 5.43 Å². The Kier molecular flexibility index (Phi) is 5.29. The molecule has 148 valence electrons. The Labute approximate surface area is 170 Å². The normalized spacial score (nSPS) is 11.0. The van der Waals surface area contributed by atoms with Gasteiger partial charge in [0, 0.05) is 11.1 Å². The molecule has 0 unspecified atom stereocenters. The second-order valence-electron chi connectivity index (χ2n) is 6.26. The number of carbonyl (C=O) groups excluding carboxylic acids is 1. The van der Waals surface area contributed by atoms with Gasteiger partial charge in [-0.1, -0.05) is 24.3 Å². The molecule has 0 spiro atoms. The monoisotopic (exact) mass is 402 g/mol. The van der Waals surface area contributed by atoms with Crippen LogP contribution >= 0.6 is 0 Å². The van der Waals surface area contributed by atoms with Crippen LogP contribution in [0.2, 0.25) is 0 Å². The maximum atomic E-state index is 12.9. The molecule has 2 N–H and O–H groups in total. The third kappa shape index (κ3) is 4.22. The predicted molar refractivity (Wildman–Crippen MR) is 108 cm³/mol. The zero-order chi connectivity index (χ0) is 20.9. The quantitative estimate of drug-likeness (QED) is 0.388. The van der Waals surface area contributed by atoms with Crippen LogP contribution in [0.4, 0.5) is 4.39 Å². The van der Waals surface area contributed by atoms with Crippen LogP contribution in [0.1, 0.15) is 15.9 Å². The number of para-hydroxylation sites is 1. The first kappa shape index (κ1) is 19.0. The van der Waals surface area contributed by atoms with E-state index in [1.165, 1.54) is 24.4 Å². The molecule has 30 heavy (non-hydrogen) atoms. The number of benzene rings is 3. The maximum Gasteiger partial charge on any atom is 0.271 e. The highest BCUT2D eigenvalue weighted by Crippen LogP contribution is 2.29. The number of phenolic OH excluding ortho intramolecular Hbond substituents is 1. The van der Waals surface area contributed by atoms with Gasteiger partial charge in [0.25, 0.3) is 11.8 Å². The van der Waals surface area contributed by atoms with Gasteiger partial charge in [0.2, 0.25) is 5.89 Å². The number of aromatic nitrogens is 2. The van der Waals surface area contributed by atoms with Crippen LogP contribution in [0.5, 0.6) is 5.75 Å². The summed E-state index contributed by atoms with van der Waals surface area (Å²) >= 11 is 0. The van der Waals surface area contributed by atoms with Gasteiger partial charge in [-0.15, -0.1) is 10.2 Å². The van der Waals surface area contributed by atoms with Crippen molar-refractivity contribution in [1.29, 1.82) is 0 Å². The maximum absolute atomic E-state index is 12.9. The lowest BCUT2D eigenvalue weighted by atomic mass is 10.1. The minimum Gasteiger partial charge on any atom is -0.507 e. The van der Waals surface area contributed by atoms with Crippen molar-refractivity contribution in [2.45, 2.75) is 0 Å². The average molecular weight is 402 g/mol. The van der Waals surface area contributed by atoms with E-state index < -0.39 is 5.91 Å². The van der Waals surface area contributed by atoms with Crippen LogP contribution in [0.3, 0.4) is 0 Å². The number of hydrogen-bond acceptors (Lipinski definition) is 6. The first-order chi connectivity index (χ1) is 14.6. The Bertz CT molecular complexity index is 1200. The molecule has 4 rings (SSSR count). The molecule has 0 saturated carbocycles. The number of phenols is 1. The van der Waals surface area contributed by atoms with E-state index in [4.69, 9.17) is 4.42 Å². The fourth-order valence-electron chi connectivity index (χ4n) is 2.65. The lowest BCUT2D eigenvalue weighted by molar-refractivity contribution is 0.0955. The molecular formula is C22H15FN4O3. The summed E-state index contributed by atoms with van der Waals surface area (Å²) in [5.41, 5.74) is 4.51. The number of amides is 1. The number of nitrogens with one attached hydrogen (secondary N) is 1. The average Bonchev–Trinajstić information content (AvgIpc) is 3.25. The first-order valence-corrected chi connectivity index (χ1v) is 8.91. The summed E-state index contributed by atoms with van der Waals surface area (Å²) in [5.74, 6) is -0.249. The second kappa shape index (κ2) is 8.36. The molecule has 0 aliphatic rings. The molecule has 4 aromatic rings. The molecule has 8 heteroatoms. The van der Waals surface area contributed by atoms with Crippen molar-refractivity contribution < 1.29 is 18.7 Å². The lowest BCUT2D eigenvalue weighted by Crippen LogP contribution is -2.17. The highest BCUT2D eigenvalue weighted by atomic mass is 19.1.